The maximum absolute atomic E-state index is 14.2. The molecule has 0 aliphatic rings. The number of aromatic nitrogens is 1. The number of carbonyl (C=O) groups is 2. The lowest BCUT2D eigenvalue weighted by molar-refractivity contribution is -0.307. The molecule has 1 heterocycles. The van der Waals surface area contributed by atoms with Gasteiger partial charge in [0.25, 0.3) is 5.91 Å². The lowest BCUT2D eigenvalue weighted by atomic mass is 9.92. The van der Waals surface area contributed by atoms with Gasteiger partial charge in [0.1, 0.15) is 11.5 Å². The van der Waals surface area contributed by atoms with Gasteiger partial charge in [-0.2, -0.15) is 0 Å². The van der Waals surface area contributed by atoms with E-state index in [4.69, 9.17) is 5.53 Å². The second-order valence-corrected chi connectivity index (χ2v) is 11.4. The van der Waals surface area contributed by atoms with Crippen LogP contribution < -0.4 is 10.4 Å². The summed E-state index contributed by atoms with van der Waals surface area (Å²) in [5.41, 5.74) is 14.2. The van der Waals surface area contributed by atoms with Crippen molar-refractivity contribution in [2.75, 3.05) is 0 Å². The molecule has 0 saturated heterocycles. The van der Waals surface area contributed by atoms with Crippen LogP contribution in [0, 0.1) is 5.82 Å². The zero-order valence-corrected chi connectivity index (χ0v) is 25.8. The highest BCUT2D eigenvalue weighted by Crippen LogP contribution is 2.42. The molecule has 240 valence electrons. The van der Waals surface area contributed by atoms with Crippen LogP contribution in [-0.4, -0.2) is 38.9 Å². The fourth-order valence-corrected chi connectivity index (χ4v) is 5.64. The van der Waals surface area contributed by atoms with Crippen molar-refractivity contribution >= 4 is 11.9 Å². The normalized spacial score (nSPS) is 12.4. The largest absolute Gasteiger partial charge is 0.550 e. The first kappa shape index (κ1) is 33.9. The first-order chi connectivity index (χ1) is 22.1. The number of carboxylic acid groups (broad SMARTS) is 1. The number of amides is 1. The predicted molar refractivity (Wildman–Crippen MR) is 171 cm³/mol. The van der Waals surface area contributed by atoms with Gasteiger partial charge in [0.05, 0.1) is 18.8 Å². The molecule has 0 aliphatic heterocycles. The van der Waals surface area contributed by atoms with E-state index in [0.29, 0.717) is 16.8 Å². The van der Waals surface area contributed by atoms with E-state index in [9.17, 15) is 29.3 Å². The van der Waals surface area contributed by atoms with E-state index in [0.717, 1.165) is 27.9 Å². The fourth-order valence-electron chi connectivity index (χ4n) is 5.64. The molecule has 46 heavy (non-hydrogen) atoms. The molecule has 3 aromatic carbocycles. The minimum absolute atomic E-state index is 0.150. The number of aliphatic hydroxyl groups is 2. The van der Waals surface area contributed by atoms with E-state index >= 15 is 0 Å². The second kappa shape index (κ2) is 15.9. The number of benzene rings is 3. The predicted octanol–water partition coefficient (Wildman–Crippen LogP) is 5.47. The van der Waals surface area contributed by atoms with Gasteiger partial charge in [-0.1, -0.05) is 71.8 Å². The molecule has 0 aliphatic carbocycles. The molecule has 0 spiro atoms. The summed E-state index contributed by atoms with van der Waals surface area (Å²) >= 11 is 0. The van der Waals surface area contributed by atoms with Gasteiger partial charge in [0, 0.05) is 46.7 Å². The summed E-state index contributed by atoms with van der Waals surface area (Å²) in [5, 5.41) is 38.4. The number of rotatable bonds is 15. The first-order valence-corrected chi connectivity index (χ1v) is 15.1. The Hall–Kier alpha value is -4.96. The van der Waals surface area contributed by atoms with Crippen LogP contribution in [0.1, 0.15) is 66.5 Å². The number of carboxylic acids is 1. The maximum atomic E-state index is 14.2. The number of aliphatic hydroxyl groups excluding tert-OH is 2. The zero-order valence-electron chi connectivity index (χ0n) is 25.8. The van der Waals surface area contributed by atoms with Crippen molar-refractivity contribution in [2.24, 2.45) is 5.11 Å². The van der Waals surface area contributed by atoms with Crippen LogP contribution in [0.3, 0.4) is 0 Å². The molecule has 0 saturated carbocycles. The van der Waals surface area contributed by atoms with E-state index in [2.05, 4.69) is 15.3 Å². The Balaban J connectivity index is 1.80. The first-order valence-electron chi connectivity index (χ1n) is 15.1. The molecule has 1 aromatic heterocycles. The number of hydrogen-bond acceptors (Lipinski definition) is 6. The number of nitrogens with one attached hydrogen (secondary N) is 1. The van der Waals surface area contributed by atoms with E-state index in [1.165, 1.54) is 12.1 Å². The van der Waals surface area contributed by atoms with E-state index < -0.39 is 30.4 Å². The minimum atomic E-state index is -1.40. The van der Waals surface area contributed by atoms with Crippen LogP contribution in [0.15, 0.2) is 84.0 Å². The third-order valence-electron chi connectivity index (χ3n) is 7.69. The molecule has 0 fully saturated rings. The van der Waals surface area contributed by atoms with Gasteiger partial charge in [-0.3, -0.25) is 4.79 Å². The highest BCUT2D eigenvalue weighted by atomic mass is 19.1. The molecule has 10 nitrogen and oxygen atoms in total. The Labute approximate surface area is 266 Å². The molecular formula is C35H37FN5O5-. The van der Waals surface area contributed by atoms with Crippen molar-refractivity contribution in [3.63, 3.8) is 0 Å². The zero-order chi connectivity index (χ0) is 33.2. The summed E-state index contributed by atoms with van der Waals surface area (Å²) in [7, 11) is 0. The summed E-state index contributed by atoms with van der Waals surface area (Å²) in [6, 6.07) is 22.6. The molecule has 0 unspecified atom stereocenters. The van der Waals surface area contributed by atoms with Crippen LogP contribution >= 0.6 is 0 Å². The van der Waals surface area contributed by atoms with Crippen LogP contribution in [-0.2, 0) is 24.3 Å². The van der Waals surface area contributed by atoms with Crippen LogP contribution in [0.5, 0.6) is 0 Å². The number of nitrogens with zero attached hydrogens (tertiary/aromatic N) is 4. The van der Waals surface area contributed by atoms with Gasteiger partial charge in [0.15, 0.2) is 0 Å². The average molecular weight is 627 g/mol. The summed E-state index contributed by atoms with van der Waals surface area (Å²) in [4.78, 5) is 27.9. The second-order valence-electron chi connectivity index (χ2n) is 11.4. The molecule has 11 heteroatoms. The van der Waals surface area contributed by atoms with Crippen molar-refractivity contribution in [1.82, 2.24) is 9.88 Å². The maximum Gasteiger partial charge on any atom is 0.268 e. The fraction of sp³-hybridized carbons (Fsp3) is 0.314. The highest BCUT2D eigenvalue weighted by Gasteiger charge is 2.30. The Morgan fingerprint density at radius 3 is 2.17 bits per heavy atom. The molecule has 3 N–H and O–H groups in total. The smallest absolute Gasteiger partial charge is 0.268 e. The number of halogens is 1. The van der Waals surface area contributed by atoms with Crippen molar-refractivity contribution in [3.05, 3.63) is 118 Å². The highest BCUT2D eigenvalue weighted by molar-refractivity contribution is 6.05. The topological polar surface area (TPSA) is 163 Å². The minimum Gasteiger partial charge on any atom is -0.550 e. The van der Waals surface area contributed by atoms with E-state index in [1.54, 1.807) is 12.1 Å². The molecule has 4 rings (SSSR count). The quantitative estimate of drug-likeness (QED) is 0.0904. The number of azide groups is 1. The summed E-state index contributed by atoms with van der Waals surface area (Å²) in [5.74, 6) is -2.14. The number of carbonyl (C=O) groups excluding carboxylic acids is 2. The van der Waals surface area contributed by atoms with Crippen LogP contribution in [0.25, 0.3) is 32.7 Å². The Kier molecular flexibility index (Phi) is 11.7. The van der Waals surface area contributed by atoms with Gasteiger partial charge in [-0.15, -0.1) is 0 Å². The van der Waals surface area contributed by atoms with Gasteiger partial charge in [-0.25, -0.2) is 4.39 Å². The molecule has 0 radical (unpaired) electrons. The third kappa shape index (κ3) is 8.60. The van der Waals surface area contributed by atoms with E-state index in [1.807, 2.05) is 73.0 Å². The lowest BCUT2D eigenvalue weighted by Gasteiger charge is -2.20. The lowest BCUT2D eigenvalue weighted by Crippen LogP contribution is -2.29. The standard InChI is InChI=1S/C35H38FN5O5/c1-22(2)41-30(17-16-28(42)18-29(43)19-31(44)45)32(26-12-14-27(36)15-13-26)33(25-6-4-3-5-7-25)34(41)35(46)38-20-23-8-10-24(11-9-23)21-39-40-37/h3-15,22,28-29,42-43H,16-21H2,1-2H3,(H,38,46)(H,44,45)/p-1/t28-,29-/m1/s1. The van der Waals surface area contributed by atoms with Crippen LogP contribution in [0.2, 0.25) is 0 Å². The Morgan fingerprint density at radius 2 is 1.57 bits per heavy atom. The van der Waals surface area contributed by atoms with Crippen molar-refractivity contribution in [1.29, 1.82) is 0 Å². The summed E-state index contributed by atoms with van der Waals surface area (Å²) < 4.78 is 16.0. The van der Waals surface area contributed by atoms with Gasteiger partial charge in [0.2, 0.25) is 0 Å². The Morgan fingerprint density at radius 1 is 0.935 bits per heavy atom. The van der Waals surface area contributed by atoms with Crippen molar-refractivity contribution in [3.8, 4) is 22.3 Å². The molecular weight excluding hydrogens is 589 g/mol. The number of hydrogen-bond donors (Lipinski definition) is 3. The Bertz CT molecular complexity index is 1680. The molecule has 4 aromatic rings. The van der Waals surface area contributed by atoms with Crippen molar-refractivity contribution in [2.45, 2.75) is 70.9 Å². The molecule has 0 bridgehead atoms. The van der Waals surface area contributed by atoms with Gasteiger partial charge < -0.3 is 30.0 Å². The molecule has 1 amide bonds. The van der Waals surface area contributed by atoms with Crippen molar-refractivity contribution < 1.29 is 29.3 Å². The van der Waals surface area contributed by atoms with E-state index in [-0.39, 0.29) is 44.3 Å². The van der Waals surface area contributed by atoms with Gasteiger partial charge >= 0.3 is 0 Å². The average Bonchev–Trinajstić information content (AvgIpc) is 3.38. The summed E-state index contributed by atoms with van der Waals surface area (Å²) in [6.45, 7) is 4.36. The third-order valence-corrected chi connectivity index (χ3v) is 7.69. The molecule has 2 atom stereocenters. The van der Waals surface area contributed by atoms with Crippen LogP contribution in [0.4, 0.5) is 4.39 Å². The van der Waals surface area contributed by atoms with Gasteiger partial charge in [-0.05, 0) is 73.0 Å². The summed E-state index contributed by atoms with van der Waals surface area (Å²) in [6.07, 6.45) is -2.56. The SMILES string of the molecule is CC(C)n1c(CC[C@@H](O)C[C@@H](O)CC(=O)[O-])c(-c2ccc(F)cc2)c(-c2ccccc2)c1C(=O)NCc1ccc(CN=[N+]=[N-])cc1. The number of aliphatic carboxylic acids is 1. The monoisotopic (exact) mass is 626 g/mol.